The molecule has 1 aliphatic heterocycles. The maximum atomic E-state index is 15.2. The fourth-order valence-corrected chi connectivity index (χ4v) is 4.60. The van der Waals surface area contributed by atoms with Crippen molar-refractivity contribution in [2.24, 2.45) is 0 Å². The molecule has 1 N–H and O–H groups in total. The molecule has 2 fully saturated rings. The summed E-state index contributed by atoms with van der Waals surface area (Å²) in [5.41, 5.74) is -0.262. The highest BCUT2D eigenvalue weighted by Gasteiger charge is 2.30. The Balaban J connectivity index is 1.33. The molecule has 0 radical (unpaired) electrons. The molecule has 1 atom stereocenters. The van der Waals surface area contributed by atoms with Gasteiger partial charge in [-0.25, -0.2) is 13.6 Å². The normalized spacial score (nSPS) is 16.8. The highest BCUT2D eigenvalue weighted by Crippen LogP contribution is 2.38. The number of carboxylic acid groups (broad SMARTS) is 1. The van der Waals surface area contributed by atoms with Crippen molar-refractivity contribution >= 4 is 28.5 Å². The van der Waals surface area contributed by atoms with Crippen LogP contribution in [0.4, 0.5) is 14.5 Å². The van der Waals surface area contributed by atoms with Gasteiger partial charge in [0.25, 0.3) is 5.91 Å². The number of benzene rings is 2. The topological polar surface area (TPSA) is 92.1 Å². The van der Waals surface area contributed by atoms with Crippen molar-refractivity contribution in [1.82, 2.24) is 9.47 Å². The predicted molar refractivity (Wildman–Crippen MR) is 129 cm³/mol. The fourth-order valence-electron chi connectivity index (χ4n) is 4.60. The van der Waals surface area contributed by atoms with E-state index in [1.165, 1.54) is 30.5 Å². The number of amides is 1. The lowest BCUT2D eigenvalue weighted by atomic mass is 10.1. The Bertz CT molecular complexity index is 1390. The number of carboxylic acids is 1. The van der Waals surface area contributed by atoms with Gasteiger partial charge in [0, 0.05) is 43.8 Å². The van der Waals surface area contributed by atoms with E-state index in [0.29, 0.717) is 43.1 Å². The number of aromatic carboxylic acids is 1. The number of carbonyl (C=O) groups excluding carboxylic acids is 1. The van der Waals surface area contributed by atoms with Crippen LogP contribution in [-0.4, -0.2) is 58.7 Å². The van der Waals surface area contributed by atoms with Crippen molar-refractivity contribution in [3.8, 4) is 5.75 Å². The number of hydrogen-bond acceptors (Lipinski definition) is 5. The minimum atomic E-state index is -1.33. The molecule has 2 heterocycles. The minimum absolute atomic E-state index is 0.0450. The van der Waals surface area contributed by atoms with Crippen molar-refractivity contribution in [3.05, 3.63) is 70.0 Å². The Labute approximate surface area is 205 Å². The summed E-state index contributed by atoms with van der Waals surface area (Å²) in [6.45, 7) is 3.07. The molecule has 36 heavy (non-hydrogen) atoms. The van der Waals surface area contributed by atoms with Gasteiger partial charge in [-0.2, -0.15) is 0 Å². The number of hydrogen-bond donors (Lipinski definition) is 1. The summed E-state index contributed by atoms with van der Waals surface area (Å²) in [7, 11) is 0. The summed E-state index contributed by atoms with van der Waals surface area (Å²) in [5.74, 6) is -2.17. The first-order valence-electron chi connectivity index (χ1n) is 11.8. The van der Waals surface area contributed by atoms with Crippen LogP contribution in [0.1, 0.15) is 36.2 Å². The van der Waals surface area contributed by atoms with Gasteiger partial charge < -0.3 is 24.2 Å². The Kier molecular flexibility index (Phi) is 6.11. The van der Waals surface area contributed by atoms with Crippen molar-refractivity contribution in [3.63, 3.8) is 0 Å². The molecule has 1 aromatic heterocycles. The summed E-state index contributed by atoms with van der Waals surface area (Å²) in [6, 6.07) is 8.24. The highest BCUT2D eigenvalue weighted by atomic mass is 19.1. The third kappa shape index (κ3) is 4.50. The molecule has 0 bridgehead atoms. The average Bonchev–Trinajstić information content (AvgIpc) is 3.70. The van der Waals surface area contributed by atoms with Crippen LogP contribution >= 0.6 is 0 Å². The molecule has 2 aliphatic rings. The standard InChI is InChI=1S/C26H25F2N3O5/c1-15(36-18-6-2-16(27)3-7-18)25(33)30-10-8-29(9-11-30)23-13-22-19(12-21(23)28)24(32)20(26(34)35)14-31(22)17-4-5-17/h2-3,6-7,12-15,17H,4-5,8-11H2,1H3,(H,34,35)/t15-/m1/s1. The van der Waals surface area contributed by atoms with Crippen LogP contribution in [0.3, 0.4) is 0 Å². The van der Waals surface area contributed by atoms with E-state index in [1.54, 1.807) is 22.5 Å². The van der Waals surface area contributed by atoms with Gasteiger partial charge in [0.15, 0.2) is 6.10 Å². The summed E-state index contributed by atoms with van der Waals surface area (Å²) in [6.07, 6.45) is 2.31. The molecule has 0 spiro atoms. The maximum absolute atomic E-state index is 15.2. The van der Waals surface area contributed by atoms with Crippen LogP contribution in [0, 0.1) is 11.6 Å². The average molecular weight is 497 g/mol. The van der Waals surface area contributed by atoms with Gasteiger partial charge in [-0.05, 0) is 56.2 Å². The zero-order chi connectivity index (χ0) is 25.6. The van der Waals surface area contributed by atoms with E-state index >= 15 is 4.39 Å². The van der Waals surface area contributed by atoms with E-state index in [9.17, 15) is 23.9 Å². The molecule has 1 amide bonds. The highest BCUT2D eigenvalue weighted by molar-refractivity contribution is 5.93. The van der Waals surface area contributed by atoms with Gasteiger partial charge in [-0.1, -0.05) is 0 Å². The smallest absolute Gasteiger partial charge is 0.341 e. The first kappa shape index (κ1) is 23.8. The number of rotatable bonds is 6. The number of piperazine rings is 1. The molecule has 5 rings (SSSR count). The number of carbonyl (C=O) groups is 2. The maximum Gasteiger partial charge on any atom is 0.341 e. The minimum Gasteiger partial charge on any atom is -0.481 e. The van der Waals surface area contributed by atoms with Crippen molar-refractivity contribution < 1.29 is 28.2 Å². The quantitative estimate of drug-likeness (QED) is 0.561. The molecule has 1 saturated heterocycles. The molecule has 0 unspecified atom stereocenters. The molecule has 1 saturated carbocycles. The monoisotopic (exact) mass is 497 g/mol. The molecule has 8 nitrogen and oxygen atoms in total. The molecule has 188 valence electrons. The van der Waals surface area contributed by atoms with Gasteiger partial charge in [0.1, 0.15) is 22.9 Å². The second-order valence-electron chi connectivity index (χ2n) is 9.16. The van der Waals surface area contributed by atoms with Gasteiger partial charge in [0.2, 0.25) is 5.43 Å². The third-order valence-corrected chi connectivity index (χ3v) is 6.68. The molecule has 3 aromatic rings. The van der Waals surface area contributed by atoms with Gasteiger partial charge in [-0.3, -0.25) is 9.59 Å². The van der Waals surface area contributed by atoms with E-state index in [2.05, 4.69) is 0 Å². The SMILES string of the molecule is C[C@@H](Oc1ccc(F)cc1)C(=O)N1CCN(c2cc3c(cc2F)c(=O)c(C(=O)O)cn3C2CC2)CC1. The molecule has 2 aromatic carbocycles. The fraction of sp³-hybridized carbons (Fsp3) is 0.346. The summed E-state index contributed by atoms with van der Waals surface area (Å²) in [4.78, 5) is 40.5. The van der Waals surface area contributed by atoms with Gasteiger partial charge in [-0.15, -0.1) is 0 Å². The second kappa shape index (κ2) is 9.25. The van der Waals surface area contributed by atoms with Crippen molar-refractivity contribution in [2.75, 3.05) is 31.1 Å². The van der Waals surface area contributed by atoms with E-state index in [-0.39, 0.29) is 22.9 Å². The van der Waals surface area contributed by atoms with Gasteiger partial charge >= 0.3 is 5.97 Å². The van der Waals surface area contributed by atoms with Crippen LogP contribution < -0.4 is 15.1 Å². The number of fused-ring (bicyclic) bond motifs is 1. The Morgan fingerprint density at radius 3 is 2.33 bits per heavy atom. The lowest BCUT2D eigenvalue weighted by Crippen LogP contribution is -2.52. The number of nitrogens with zero attached hydrogens (tertiary/aromatic N) is 3. The Hall–Kier alpha value is -3.95. The molecular formula is C26H25F2N3O5. The largest absolute Gasteiger partial charge is 0.481 e. The molecular weight excluding hydrogens is 472 g/mol. The Morgan fingerprint density at radius 2 is 1.72 bits per heavy atom. The summed E-state index contributed by atoms with van der Waals surface area (Å²) >= 11 is 0. The summed E-state index contributed by atoms with van der Waals surface area (Å²) < 4.78 is 35.6. The molecule has 1 aliphatic carbocycles. The number of anilines is 1. The Morgan fingerprint density at radius 1 is 1.06 bits per heavy atom. The molecule has 10 heteroatoms. The zero-order valence-electron chi connectivity index (χ0n) is 19.6. The first-order valence-corrected chi connectivity index (χ1v) is 11.8. The van der Waals surface area contributed by atoms with Crippen LogP contribution in [0.25, 0.3) is 10.9 Å². The number of halogens is 2. The van der Waals surface area contributed by atoms with E-state index in [0.717, 1.165) is 18.9 Å². The van der Waals surface area contributed by atoms with Crippen molar-refractivity contribution in [1.29, 1.82) is 0 Å². The van der Waals surface area contributed by atoms with E-state index in [1.807, 2.05) is 4.90 Å². The van der Waals surface area contributed by atoms with E-state index in [4.69, 9.17) is 4.74 Å². The lowest BCUT2D eigenvalue weighted by Gasteiger charge is -2.37. The number of ether oxygens (including phenoxy) is 1. The van der Waals surface area contributed by atoms with Crippen molar-refractivity contribution in [2.45, 2.75) is 31.9 Å². The lowest BCUT2D eigenvalue weighted by molar-refractivity contribution is -0.138. The third-order valence-electron chi connectivity index (χ3n) is 6.68. The predicted octanol–water partition coefficient (Wildman–Crippen LogP) is 3.43. The van der Waals surface area contributed by atoms with Crippen LogP contribution in [0.2, 0.25) is 0 Å². The first-order chi connectivity index (χ1) is 17.2. The van der Waals surface area contributed by atoms with Crippen LogP contribution in [0.5, 0.6) is 5.75 Å². The zero-order valence-corrected chi connectivity index (χ0v) is 19.6. The van der Waals surface area contributed by atoms with Crippen LogP contribution in [-0.2, 0) is 4.79 Å². The number of pyridine rings is 1. The van der Waals surface area contributed by atoms with Crippen LogP contribution in [0.15, 0.2) is 47.4 Å². The number of aromatic nitrogens is 1. The van der Waals surface area contributed by atoms with Gasteiger partial charge in [0.05, 0.1) is 11.2 Å². The second-order valence-corrected chi connectivity index (χ2v) is 9.16. The van der Waals surface area contributed by atoms with E-state index < -0.39 is 29.1 Å². The summed E-state index contributed by atoms with van der Waals surface area (Å²) in [5, 5.41) is 9.46.